The van der Waals surface area contributed by atoms with Crippen molar-refractivity contribution in [3.05, 3.63) is 0 Å². The Labute approximate surface area is 180 Å². The van der Waals surface area contributed by atoms with Crippen molar-refractivity contribution >= 4 is 42.2 Å². The van der Waals surface area contributed by atoms with Crippen LogP contribution in [0.5, 0.6) is 0 Å². The van der Waals surface area contributed by atoms with Crippen LogP contribution in [0.2, 0.25) is 0 Å². The number of nitrogens with two attached hydrogens (primary N) is 2. The average Bonchev–Trinajstić information content (AvgIpc) is 3.17. The Morgan fingerprint density at radius 1 is 1.13 bits per heavy atom. The second-order valence-electron chi connectivity index (χ2n) is 7.61. The second kappa shape index (κ2) is 11.7. The van der Waals surface area contributed by atoms with Gasteiger partial charge in [-0.05, 0) is 25.2 Å². The van der Waals surface area contributed by atoms with Gasteiger partial charge in [-0.25, -0.2) is 4.79 Å². The van der Waals surface area contributed by atoms with Crippen molar-refractivity contribution in [2.75, 3.05) is 12.3 Å². The lowest BCUT2D eigenvalue weighted by Gasteiger charge is -2.28. The van der Waals surface area contributed by atoms with Gasteiger partial charge in [0.1, 0.15) is 18.1 Å². The van der Waals surface area contributed by atoms with Crippen LogP contribution in [0.25, 0.3) is 0 Å². The number of hydrogen-bond donors (Lipinski definition) is 6. The molecule has 4 amide bonds. The minimum absolute atomic E-state index is 0.0550. The van der Waals surface area contributed by atoms with Crippen LogP contribution in [-0.2, 0) is 24.0 Å². The van der Waals surface area contributed by atoms with Crippen LogP contribution in [0.4, 0.5) is 0 Å². The van der Waals surface area contributed by atoms with Crippen molar-refractivity contribution in [1.82, 2.24) is 15.5 Å². The lowest BCUT2D eigenvalue weighted by molar-refractivity contribution is -0.149. The third-order valence-corrected chi connectivity index (χ3v) is 5.32. The summed E-state index contributed by atoms with van der Waals surface area (Å²) in [5.41, 5.74) is 10.9. The summed E-state index contributed by atoms with van der Waals surface area (Å²) in [4.78, 5) is 61.5. The van der Waals surface area contributed by atoms with Gasteiger partial charge in [-0.15, -0.1) is 0 Å². The lowest BCUT2D eigenvalue weighted by atomic mass is 10.0. The number of hydrogen-bond acceptors (Lipinski definition) is 7. The highest BCUT2D eigenvalue weighted by atomic mass is 32.1. The molecule has 0 aromatic rings. The molecule has 1 fully saturated rings. The average molecular weight is 446 g/mol. The van der Waals surface area contributed by atoms with Crippen LogP contribution < -0.4 is 22.1 Å². The van der Waals surface area contributed by atoms with Crippen molar-refractivity contribution in [3.8, 4) is 0 Å². The molecular formula is C18H31N5O6S. The number of nitrogens with one attached hydrogen (secondary N) is 2. The van der Waals surface area contributed by atoms with Gasteiger partial charge in [-0.1, -0.05) is 13.8 Å². The Morgan fingerprint density at radius 3 is 2.23 bits per heavy atom. The highest BCUT2D eigenvalue weighted by Crippen LogP contribution is 2.19. The minimum Gasteiger partial charge on any atom is -0.480 e. The molecule has 0 aromatic carbocycles. The molecule has 4 atom stereocenters. The summed E-state index contributed by atoms with van der Waals surface area (Å²) >= 11 is 4.07. The molecule has 30 heavy (non-hydrogen) atoms. The summed E-state index contributed by atoms with van der Waals surface area (Å²) in [6.45, 7) is 3.75. The number of likely N-dealkylation sites (tertiary alicyclic amines) is 1. The molecule has 0 saturated carbocycles. The third kappa shape index (κ3) is 7.17. The Kier molecular flexibility index (Phi) is 10.1. The van der Waals surface area contributed by atoms with Crippen LogP contribution in [0, 0.1) is 5.92 Å². The predicted molar refractivity (Wildman–Crippen MR) is 111 cm³/mol. The van der Waals surface area contributed by atoms with Gasteiger partial charge in [0.25, 0.3) is 0 Å². The van der Waals surface area contributed by atoms with Crippen LogP contribution in [-0.4, -0.2) is 76.1 Å². The van der Waals surface area contributed by atoms with Crippen molar-refractivity contribution in [2.24, 2.45) is 17.4 Å². The van der Waals surface area contributed by atoms with E-state index < -0.39 is 53.8 Å². The largest absolute Gasteiger partial charge is 0.480 e. The standard InChI is InChI=1S/C18H31N5O6S/c1-9(2)14(20)16(26)22-11(8-30)15(25)21-10(5-6-13(19)24)17(27)23-7-3-4-12(23)18(28)29/h9-12,14,30H,3-8,20H2,1-2H3,(H2,19,24)(H,21,25)(H,22,26)(H,28,29). The first-order valence-corrected chi connectivity index (χ1v) is 10.4. The number of carbonyl (C=O) groups excluding carboxylic acids is 4. The number of carboxylic acids is 1. The zero-order valence-electron chi connectivity index (χ0n) is 17.2. The smallest absolute Gasteiger partial charge is 0.326 e. The van der Waals surface area contributed by atoms with Gasteiger partial charge >= 0.3 is 5.97 Å². The maximum atomic E-state index is 12.9. The molecule has 1 heterocycles. The highest BCUT2D eigenvalue weighted by Gasteiger charge is 2.38. The highest BCUT2D eigenvalue weighted by molar-refractivity contribution is 7.80. The topological polar surface area (TPSA) is 185 Å². The van der Waals surface area contributed by atoms with Gasteiger partial charge in [-0.2, -0.15) is 12.6 Å². The molecule has 11 nitrogen and oxygen atoms in total. The summed E-state index contributed by atoms with van der Waals surface area (Å²) < 4.78 is 0. The van der Waals surface area contributed by atoms with Crippen molar-refractivity contribution < 1.29 is 29.1 Å². The van der Waals surface area contributed by atoms with Gasteiger partial charge < -0.3 is 32.1 Å². The number of carboxylic acid groups (broad SMARTS) is 1. The van der Waals surface area contributed by atoms with Crippen molar-refractivity contribution in [1.29, 1.82) is 0 Å². The number of nitrogens with zero attached hydrogens (tertiary/aromatic N) is 1. The molecule has 12 heteroatoms. The predicted octanol–water partition coefficient (Wildman–Crippen LogP) is -1.79. The van der Waals surface area contributed by atoms with E-state index in [0.29, 0.717) is 12.8 Å². The summed E-state index contributed by atoms with van der Waals surface area (Å²) in [5, 5.41) is 14.3. The third-order valence-electron chi connectivity index (χ3n) is 4.95. The van der Waals surface area contributed by atoms with E-state index in [9.17, 15) is 29.1 Å². The Bertz CT molecular complexity index is 673. The fourth-order valence-electron chi connectivity index (χ4n) is 3.07. The second-order valence-corrected chi connectivity index (χ2v) is 7.97. The monoisotopic (exact) mass is 445 g/mol. The Morgan fingerprint density at radius 2 is 1.73 bits per heavy atom. The van der Waals surface area contributed by atoms with E-state index in [-0.39, 0.29) is 31.1 Å². The van der Waals surface area contributed by atoms with E-state index in [1.165, 1.54) is 4.90 Å². The Balaban J connectivity index is 2.92. The molecule has 0 aromatic heterocycles. The molecule has 1 rings (SSSR count). The summed E-state index contributed by atoms with van der Waals surface area (Å²) in [6, 6.07) is -4.05. The first-order chi connectivity index (χ1) is 14.0. The van der Waals surface area contributed by atoms with Gasteiger partial charge in [-0.3, -0.25) is 19.2 Å². The Hall–Kier alpha value is -2.34. The maximum Gasteiger partial charge on any atom is 0.326 e. The summed E-state index contributed by atoms with van der Waals surface area (Å²) in [5.74, 6) is -3.85. The van der Waals surface area contributed by atoms with Crippen LogP contribution in [0.1, 0.15) is 39.5 Å². The van der Waals surface area contributed by atoms with Gasteiger partial charge in [0.05, 0.1) is 6.04 Å². The first kappa shape index (κ1) is 25.7. The minimum atomic E-state index is -1.16. The maximum absolute atomic E-state index is 12.9. The quantitative estimate of drug-likeness (QED) is 0.203. The summed E-state index contributed by atoms with van der Waals surface area (Å²) in [6.07, 6.45) is 0.543. The SMILES string of the molecule is CC(C)C(N)C(=O)NC(CS)C(=O)NC(CCC(N)=O)C(=O)N1CCCC1C(=O)O. The van der Waals surface area contributed by atoms with Gasteiger partial charge in [0, 0.05) is 18.7 Å². The molecular weight excluding hydrogens is 414 g/mol. The molecule has 7 N–H and O–H groups in total. The molecule has 0 aliphatic carbocycles. The number of primary amides is 1. The first-order valence-electron chi connectivity index (χ1n) is 9.78. The van der Waals surface area contributed by atoms with E-state index in [4.69, 9.17) is 11.5 Å². The molecule has 4 unspecified atom stereocenters. The molecule has 0 radical (unpaired) electrons. The fraction of sp³-hybridized carbons (Fsp3) is 0.722. The van der Waals surface area contributed by atoms with E-state index in [1.54, 1.807) is 13.8 Å². The van der Waals surface area contributed by atoms with E-state index in [2.05, 4.69) is 23.3 Å². The molecule has 1 saturated heterocycles. The molecule has 0 spiro atoms. The van der Waals surface area contributed by atoms with Crippen molar-refractivity contribution in [3.63, 3.8) is 0 Å². The zero-order chi connectivity index (χ0) is 23.0. The molecule has 1 aliphatic rings. The lowest BCUT2D eigenvalue weighted by Crippen LogP contribution is -2.58. The van der Waals surface area contributed by atoms with Gasteiger partial charge in [0.2, 0.25) is 23.6 Å². The van der Waals surface area contributed by atoms with Gasteiger partial charge in [0.15, 0.2) is 0 Å². The number of rotatable bonds is 11. The summed E-state index contributed by atoms with van der Waals surface area (Å²) in [7, 11) is 0. The van der Waals surface area contributed by atoms with E-state index in [0.717, 1.165) is 0 Å². The number of amides is 4. The van der Waals surface area contributed by atoms with E-state index in [1.807, 2.05) is 0 Å². The van der Waals surface area contributed by atoms with Crippen LogP contribution in [0.3, 0.4) is 0 Å². The molecule has 0 bridgehead atoms. The van der Waals surface area contributed by atoms with E-state index >= 15 is 0 Å². The molecule has 170 valence electrons. The van der Waals surface area contributed by atoms with Crippen molar-refractivity contribution in [2.45, 2.75) is 63.7 Å². The van der Waals surface area contributed by atoms with Crippen LogP contribution >= 0.6 is 12.6 Å². The number of thiol groups is 1. The normalized spacial score (nSPS) is 19.1. The number of carbonyl (C=O) groups is 5. The fourth-order valence-corrected chi connectivity index (χ4v) is 3.33. The number of aliphatic carboxylic acids is 1. The molecule has 1 aliphatic heterocycles. The zero-order valence-corrected chi connectivity index (χ0v) is 18.1. The van der Waals surface area contributed by atoms with Crippen LogP contribution in [0.15, 0.2) is 0 Å².